The van der Waals surface area contributed by atoms with Gasteiger partial charge in [0.25, 0.3) is 11.8 Å². The Morgan fingerprint density at radius 3 is 2.30 bits per heavy atom. The van der Waals surface area contributed by atoms with Crippen molar-refractivity contribution in [3.8, 4) is 0 Å². The molecule has 0 saturated heterocycles. The molecule has 0 aliphatic rings. The van der Waals surface area contributed by atoms with Gasteiger partial charge < -0.3 is 16.0 Å². The van der Waals surface area contributed by atoms with Gasteiger partial charge in [0.1, 0.15) is 11.5 Å². The Kier molecular flexibility index (Phi) is 10.1. The summed E-state index contributed by atoms with van der Waals surface area (Å²) < 4.78 is 14.2. The van der Waals surface area contributed by atoms with E-state index in [1.54, 1.807) is 60.7 Å². The molecule has 6 nitrogen and oxygen atoms in total. The highest BCUT2D eigenvalue weighted by atomic mass is 79.9. The van der Waals surface area contributed by atoms with Gasteiger partial charge in [-0.3, -0.25) is 14.4 Å². The maximum absolute atomic E-state index is 13.3. The van der Waals surface area contributed by atoms with Gasteiger partial charge in [0.15, 0.2) is 0 Å². The molecule has 0 heterocycles. The van der Waals surface area contributed by atoms with E-state index >= 15 is 0 Å². The topological polar surface area (TPSA) is 87.3 Å². The van der Waals surface area contributed by atoms with E-state index in [-0.39, 0.29) is 22.4 Å². The number of nitrogens with one attached hydrogen (secondary N) is 3. The molecule has 0 fully saturated rings. The lowest BCUT2D eigenvalue weighted by molar-refractivity contribution is -0.114. The minimum Gasteiger partial charge on any atom is -0.325 e. The zero-order chi connectivity index (χ0) is 28.5. The molecule has 3 amide bonds. The second kappa shape index (κ2) is 13.9. The van der Waals surface area contributed by atoms with Crippen molar-refractivity contribution in [1.82, 2.24) is 5.32 Å². The van der Waals surface area contributed by atoms with Crippen LogP contribution in [-0.2, 0) is 9.59 Å². The molecule has 3 N–H and O–H groups in total. The molecule has 0 aromatic heterocycles. The predicted octanol–water partition coefficient (Wildman–Crippen LogP) is 7.38. The summed E-state index contributed by atoms with van der Waals surface area (Å²) in [7, 11) is 0. The van der Waals surface area contributed by atoms with Crippen LogP contribution in [0, 0.1) is 5.82 Å². The fourth-order valence-corrected chi connectivity index (χ4v) is 4.65. The highest BCUT2D eigenvalue weighted by molar-refractivity contribution is 9.10. The van der Waals surface area contributed by atoms with Crippen LogP contribution in [0.25, 0.3) is 6.08 Å². The lowest BCUT2D eigenvalue weighted by Gasteiger charge is -2.12. The molecule has 0 unspecified atom stereocenters. The second-order valence-corrected chi connectivity index (χ2v) is 10.7. The molecule has 0 atom stereocenters. The Balaban J connectivity index is 1.44. The van der Waals surface area contributed by atoms with Crippen LogP contribution < -0.4 is 16.0 Å². The van der Waals surface area contributed by atoms with Gasteiger partial charge >= 0.3 is 0 Å². The van der Waals surface area contributed by atoms with Crippen molar-refractivity contribution in [1.29, 1.82) is 0 Å². The number of hydrogen-bond donors (Lipinski definition) is 3. The molecular weight excluding hydrogens is 617 g/mol. The summed E-state index contributed by atoms with van der Waals surface area (Å²) in [6, 6.07) is 26.8. The molecule has 0 spiro atoms. The van der Waals surface area contributed by atoms with Gasteiger partial charge in [-0.15, -0.1) is 11.8 Å². The van der Waals surface area contributed by atoms with Crippen molar-refractivity contribution in [2.45, 2.75) is 4.90 Å². The Morgan fingerprint density at radius 1 is 0.850 bits per heavy atom. The lowest BCUT2D eigenvalue weighted by atomic mass is 10.1. The summed E-state index contributed by atoms with van der Waals surface area (Å²) in [6.07, 6.45) is 1.59. The maximum atomic E-state index is 13.3. The van der Waals surface area contributed by atoms with Gasteiger partial charge in [-0.2, -0.15) is 0 Å². The standard InChI is InChI=1S/C30H22BrClFN3O3S/c31-21-11-9-19(10-12-21)15-27(36-29(38)20-5-2-1-3-6-20)30(39)35-22-7-4-8-24(16-22)40-18-28(37)34-23-13-14-26(33)25(32)17-23/h1-17H,18H2,(H,34,37)(H,35,39)(H,36,38)/b27-15-. The van der Waals surface area contributed by atoms with Gasteiger partial charge in [0.05, 0.1) is 10.8 Å². The monoisotopic (exact) mass is 637 g/mol. The molecular formula is C30H22BrClFN3O3S. The minimum absolute atomic E-state index is 0.0616. The molecule has 4 aromatic carbocycles. The van der Waals surface area contributed by atoms with E-state index in [9.17, 15) is 18.8 Å². The fourth-order valence-electron chi connectivity index (χ4n) is 3.45. The van der Waals surface area contributed by atoms with Crippen molar-refractivity contribution in [3.63, 3.8) is 0 Å². The molecule has 0 radical (unpaired) electrons. The van der Waals surface area contributed by atoms with Gasteiger partial charge in [0, 0.05) is 26.3 Å². The molecule has 10 heteroatoms. The van der Waals surface area contributed by atoms with Crippen molar-refractivity contribution >= 4 is 74.5 Å². The summed E-state index contributed by atoms with van der Waals surface area (Å²) >= 11 is 10.4. The molecule has 4 rings (SSSR count). The highest BCUT2D eigenvalue weighted by Crippen LogP contribution is 2.24. The number of benzene rings is 4. The van der Waals surface area contributed by atoms with E-state index < -0.39 is 17.6 Å². The van der Waals surface area contributed by atoms with E-state index in [2.05, 4.69) is 31.9 Å². The summed E-state index contributed by atoms with van der Waals surface area (Å²) in [6.45, 7) is 0. The zero-order valence-electron chi connectivity index (χ0n) is 20.8. The third kappa shape index (κ3) is 8.54. The quantitative estimate of drug-likeness (QED) is 0.132. The van der Waals surface area contributed by atoms with Crippen LogP contribution in [0.3, 0.4) is 0 Å². The van der Waals surface area contributed by atoms with Crippen molar-refractivity contribution in [3.05, 3.63) is 129 Å². The number of thioether (sulfide) groups is 1. The van der Waals surface area contributed by atoms with Crippen molar-refractivity contribution < 1.29 is 18.8 Å². The van der Waals surface area contributed by atoms with Crippen LogP contribution in [0.1, 0.15) is 15.9 Å². The molecule has 202 valence electrons. The first-order valence-corrected chi connectivity index (χ1v) is 14.1. The Hall–Kier alpha value is -3.92. The molecule has 0 aliphatic heterocycles. The van der Waals surface area contributed by atoms with Gasteiger partial charge in [0.2, 0.25) is 5.91 Å². The first-order valence-electron chi connectivity index (χ1n) is 11.9. The molecule has 0 aliphatic carbocycles. The Bertz CT molecular complexity index is 1570. The molecule has 0 bridgehead atoms. The van der Waals surface area contributed by atoms with Crippen LogP contribution in [0.4, 0.5) is 15.8 Å². The highest BCUT2D eigenvalue weighted by Gasteiger charge is 2.15. The number of carbonyl (C=O) groups excluding carboxylic acids is 3. The third-order valence-corrected chi connectivity index (χ3v) is 7.19. The lowest BCUT2D eigenvalue weighted by Crippen LogP contribution is -2.30. The largest absolute Gasteiger partial charge is 0.325 e. The molecule has 40 heavy (non-hydrogen) atoms. The van der Waals surface area contributed by atoms with Crippen LogP contribution in [0.2, 0.25) is 5.02 Å². The second-order valence-electron chi connectivity index (χ2n) is 8.38. The smallest absolute Gasteiger partial charge is 0.272 e. The van der Waals surface area contributed by atoms with Crippen LogP contribution in [0.15, 0.2) is 112 Å². The summed E-state index contributed by atoms with van der Waals surface area (Å²) in [5, 5.41) is 8.11. The Labute approximate surface area is 248 Å². The Morgan fingerprint density at radius 2 is 1.57 bits per heavy atom. The van der Waals surface area contributed by atoms with Gasteiger partial charge in [-0.1, -0.05) is 63.9 Å². The SMILES string of the molecule is O=C(CSc1cccc(NC(=O)/C(=C/c2ccc(Br)cc2)NC(=O)c2ccccc2)c1)Nc1ccc(F)c(Cl)c1. The number of rotatable bonds is 9. The fraction of sp³-hybridized carbons (Fsp3) is 0.0333. The van der Waals surface area contributed by atoms with E-state index in [0.29, 0.717) is 16.9 Å². The van der Waals surface area contributed by atoms with E-state index in [0.717, 1.165) is 14.9 Å². The van der Waals surface area contributed by atoms with E-state index in [4.69, 9.17) is 11.6 Å². The summed E-state index contributed by atoms with van der Waals surface area (Å²) in [5.74, 6) is -1.72. The first kappa shape index (κ1) is 29.1. The minimum atomic E-state index is -0.567. The normalized spacial score (nSPS) is 11.0. The number of amides is 3. The predicted molar refractivity (Wildman–Crippen MR) is 162 cm³/mol. The molecule has 0 saturated carbocycles. The summed E-state index contributed by atoms with van der Waals surface area (Å²) in [5.41, 5.74) is 2.07. The maximum Gasteiger partial charge on any atom is 0.272 e. The van der Waals surface area contributed by atoms with Gasteiger partial charge in [-0.25, -0.2) is 4.39 Å². The third-order valence-electron chi connectivity index (χ3n) is 5.38. The number of anilines is 2. The number of hydrogen-bond acceptors (Lipinski definition) is 4. The number of halogens is 3. The van der Waals surface area contributed by atoms with E-state index in [1.165, 1.54) is 30.0 Å². The van der Waals surface area contributed by atoms with Crippen LogP contribution >= 0.6 is 39.3 Å². The number of carbonyl (C=O) groups is 3. The molecule has 4 aromatic rings. The van der Waals surface area contributed by atoms with Gasteiger partial charge in [-0.05, 0) is 72.3 Å². The average Bonchev–Trinajstić information content (AvgIpc) is 2.95. The van der Waals surface area contributed by atoms with Crippen molar-refractivity contribution in [2.24, 2.45) is 0 Å². The summed E-state index contributed by atoms with van der Waals surface area (Å²) in [4.78, 5) is 39.2. The van der Waals surface area contributed by atoms with Crippen LogP contribution in [0.5, 0.6) is 0 Å². The average molecular weight is 639 g/mol. The van der Waals surface area contributed by atoms with Crippen molar-refractivity contribution in [2.75, 3.05) is 16.4 Å². The first-order chi connectivity index (χ1) is 19.3. The zero-order valence-corrected chi connectivity index (χ0v) is 23.9. The van der Waals surface area contributed by atoms with E-state index in [1.807, 2.05) is 24.3 Å². The van der Waals surface area contributed by atoms with Crippen LogP contribution in [-0.4, -0.2) is 23.5 Å².